The summed E-state index contributed by atoms with van der Waals surface area (Å²) in [6, 6.07) is 29.2. The SMILES string of the molecule is CSCCC(NC(=O)COc1ccccc1)C(=O)NCCC(c1ccccc1)c1ccccc1. The summed E-state index contributed by atoms with van der Waals surface area (Å²) in [7, 11) is 0. The minimum atomic E-state index is -0.591. The highest BCUT2D eigenvalue weighted by atomic mass is 32.2. The zero-order valence-electron chi connectivity index (χ0n) is 19.5. The van der Waals surface area contributed by atoms with Gasteiger partial charge in [0.05, 0.1) is 0 Å². The van der Waals surface area contributed by atoms with Gasteiger partial charge in [0.25, 0.3) is 5.91 Å². The molecule has 3 aromatic carbocycles. The molecule has 5 nitrogen and oxygen atoms in total. The number of para-hydroxylation sites is 1. The minimum absolute atomic E-state index is 0.128. The molecule has 3 rings (SSSR count). The van der Waals surface area contributed by atoms with Crippen LogP contribution in [-0.2, 0) is 9.59 Å². The average molecular weight is 477 g/mol. The van der Waals surface area contributed by atoms with Gasteiger partial charge in [0.1, 0.15) is 11.8 Å². The van der Waals surface area contributed by atoms with E-state index in [9.17, 15) is 9.59 Å². The van der Waals surface area contributed by atoms with Crippen LogP contribution in [0.3, 0.4) is 0 Å². The Kier molecular flexibility index (Phi) is 10.5. The van der Waals surface area contributed by atoms with E-state index in [-0.39, 0.29) is 24.3 Å². The predicted molar refractivity (Wildman–Crippen MR) is 139 cm³/mol. The maximum absolute atomic E-state index is 12.9. The molecule has 0 aliphatic carbocycles. The molecule has 0 saturated heterocycles. The van der Waals surface area contributed by atoms with E-state index in [1.807, 2.05) is 60.9 Å². The van der Waals surface area contributed by atoms with Crippen molar-refractivity contribution in [2.45, 2.75) is 24.8 Å². The smallest absolute Gasteiger partial charge is 0.258 e. The number of hydrogen-bond acceptors (Lipinski definition) is 4. The van der Waals surface area contributed by atoms with E-state index in [4.69, 9.17) is 4.74 Å². The van der Waals surface area contributed by atoms with Gasteiger partial charge in [-0.1, -0.05) is 78.9 Å². The maximum Gasteiger partial charge on any atom is 0.258 e. The molecule has 0 saturated carbocycles. The van der Waals surface area contributed by atoms with Gasteiger partial charge in [-0.25, -0.2) is 0 Å². The zero-order chi connectivity index (χ0) is 24.0. The number of benzene rings is 3. The van der Waals surface area contributed by atoms with E-state index >= 15 is 0 Å². The fourth-order valence-corrected chi connectivity index (χ4v) is 4.24. The van der Waals surface area contributed by atoms with Crippen molar-refractivity contribution in [2.75, 3.05) is 25.2 Å². The van der Waals surface area contributed by atoms with Crippen LogP contribution in [0.2, 0.25) is 0 Å². The summed E-state index contributed by atoms with van der Waals surface area (Å²) in [5.41, 5.74) is 2.43. The number of nitrogens with one attached hydrogen (secondary N) is 2. The molecule has 0 bridgehead atoms. The normalized spacial score (nSPS) is 11.6. The van der Waals surface area contributed by atoms with Gasteiger partial charge in [0.2, 0.25) is 5.91 Å². The molecule has 0 aromatic heterocycles. The number of carbonyl (C=O) groups excluding carboxylic acids is 2. The summed E-state index contributed by atoms with van der Waals surface area (Å²) >= 11 is 1.65. The number of hydrogen-bond donors (Lipinski definition) is 2. The zero-order valence-corrected chi connectivity index (χ0v) is 20.3. The molecule has 3 aromatic rings. The number of carbonyl (C=O) groups is 2. The van der Waals surface area contributed by atoms with E-state index in [0.717, 1.165) is 12.2 Å². The van der Waals surface area contributed by atoms with Crippen molar-refractivity contribution in [1.29, 1.82) is 0 Å². The monoisotopic (exact) mass is 476 g/mol. The molecular weight excluding hydrogens is 444 g/mol. The van der Waals surface area contributed by atoms with Crippen LogP contribution in [0.5, 0.6) is 5.75 Å². The molecule has 0 aliphatic rings. The Morgan fingerprint density at radius 2 is 1.38 bits per heavy atom. The first-order valence-corrected chi connectivity index (χ1v) is 12.9. The van der Waals surface area contributed by atoms with E-state index in [1.54, 1.807) is 23.9 Å². The van der Waals surface area contributed by atoms with Gasteiger partial charge in [-0.3, -0.25) is 9.59 Å². The second-order valence-electron chi connectivity index (χ2n) is 7.96. The molecule has 6 heteroatoms. The van der Waals surface area contributed by atoms with Crippen LogP contribution in [0.1, 0.15) is 29.9 Å². The van der Waals surface area contributed by atoms with Crippen LogP contribution in [0.25, 0.3) is 0 Å². The highest BCUT2D eigenvalue weighted by molar-refractivity contribution is 7.98. The summed E-state index contributed by atoms with van der Waals surface area (Å²) in [4.78, 5) is 25.4. The van der Waals surface area contributed by atoms with Gasteiger partial charge in [-0.15, -0.1) is 0 Å². The number of rotatable bonds is 13. The van der Waals surface area contributed by atoms with E-state index in [2.05, 4.69) is 34.9 Å². The molecule has 1 unspecified atom stereocenters. The van der Waals surface area contributed by atoms with Gasteiger partial charge in [0.15, 0.2) is 6.61 Å². The molecule has 0 fully saturated rings. The van der Waals surface area contributed by atoms with Crippen LogP contribution in [0.4, 0.5) is 0 Å². The second kappa shape index (κ2) is 14.1. The summed E-state index contributed by atoms with van der Waals surface area (Å²) in [6.45, 7) is 0.386. The van der Waals surface area contributed by atoms with Crippen LogP contribution in [0.15, 0.2) is 91.0 Å². The first-order chi connectivity index (χ1) is 16.7. The number of ether oxygens (including phenoxy) is 1. The Bertz CT molecular complexity index is 960. The largest absolute Gasteiger partial charge is 0.484 e. The number of amides is 2. The first-order valence-electron chi connectivity index (χ1n) is 11.5. The topological polar surface area (TPSA) is 67.4 Å². The Hall–Kier alpha value is -3.25. The van der Waals surface area contributed by atoms with Gasteiger partial charge >= 0.3 is 0 Å². The van der Waals surface area contributed by atoms with Crippen LogP contribution >= 0.6 is 11.8 Å². The molecule has 0 heterocycles. The van der Waals surface area contributed by atoms with E-state index in [0.29, 0.717) is 18.7 Å². The fourth-order valence-electron chi connectivity index (χ4n) is 3.77. The second-order valence-corrected chi connectivity index (χ2v) is 8.94. The third-order valence-electron chi connectivity index (χ3n) is 5.51. The lowest BCUT2D eigenvalue weighted by Crippen LogP contribution is -2.48. The average Bonchev–Trinajstić information content (AvgIpc) is 2.89. The van der Waals surface area contributed by atoms with Crippen molar-refractivity contribution >= 4 is 23.6 Å². The summed E-state index contributed by atoms with van der Waals surface area (Å²) in [6.07, 6.45) is 3.31. The van der Waals surface area contributed by atoms with Gasteiger partial charge in [0, 0.05) is 12.5 Å². The molecular formula is C28H32N2O3S. The predicted octanol–water partition coefficient (Wildman–Crippen LogP) is 4.64. The molecule has 178 valence electrons. The van der Waals surface area contributed by atoms with Crippen LogP contribution in [-0.4, -0.2) is 43.0 Å². The minimum Gasteiger partial charge on any atom is -0.484 e. The Balaban J connectivity index is 1.55. The van der Waals surface area contributed by atoms with Crippen molar-refractivity contribution < 1.29 is 14.3 Å². The first kappa shape index (κ1) is 25.4. The van der Waals surface area contributed by atoms with Crippen molar-refractivity contribution in [1.82, 2.24) is 10.6 Å². The Morgan fingerprint density at radius 3 is 1.94 bits per heavy atom. The molecule has 0 radical (unpaired) electrons. The maximum atomic E-state index is 12.9. The highest BCUT2D eigenvalue weighted by Crippen LogP contribution is 2.27. The lowest BCUT2D eigenvalue weighted by atomic mass is 9.88. The summed E-state index contributed by atoms with van der Waals surface area (Å²) in [5, 5.41) is 5.87. The van der Waals surface area contributed by atoms with E-state index in [1.165, 1.54) is 11.1 Å². The van der Waals surface area contributed by atoms with Crippen molar-refractivity contribution in [3.8, 4) is 5.75 Å². The lowest BCUT2D eigenvalue weighted by Gasteiger charge is -2.21. The molecule has 2 N–H and O–H groups in total. The Morgan fingerprint density at radius 1 is 0.824 bits per heavy atom. The highest BCUT2D eigenvalue weighted by Gasteiger charge is 2.21. The molecule has 1 atom stereocenters. The molecule has 0 aliphatic heterocycles. The fraction of sp³-hybridized carbons (Fsp3) is 0.286. The molecule has 2 amide bonds. The molecule has 0 spiro atoms. The van der Waals surface area contributed by atoms with Crippen molar-refractivity contribution in [2.24, 2.45) is 0 Å². The van der Waals surface area contributed by atoms with Crippen LogP contribution < -0.4 is 15.4 Å². The van der Waals surface area contributed by atoms with Crippen molar-refractivity contribution in [3.05, 3.63) is 102 Å². The third-order valence-corrected chi connectivity index (χ3v) is 6.16. The standard InChI is InChI=1S/C28H32N2O3S/c1-34-20-18-26(30-27(31)21-33-24-15-9-4-10-16-24)28(32)29-19-17-25(22-11-5-2-6-12-22)23-13-7-3-8-14-23/h2-16,25-26H,17-21H2,1H3,(H,29,32)(H,30,31). The summed E-state index contributed by atoms with van der Waals surface area (Å²) < 4.78 is 5.51. The van der Waals surface area contributed by atoms with Crippen LogP contribution in [0, 0.1) is 0 Å². The van der Waals surface area contributed by atoms with Gasteiger partial charge in [-0.2, -0.15) is 11.8 Å². The van der Waals surface area contributed by atoms with Gasteiger partial charge in [-0.05, 0) is 48.1 Å². The van der Waals surface area contributed by atoms with Crippen molar-refractivity contribution in [3.63, 3.8) is 0 Å². The van der Waals surface area contributed by atoms with Gasteiger partial charge < -0.3 is 15.4 Å². The van der Waals surface area contributed by atoms with E-state index < -0.39 is 6.04 Å². The number of thioether (sulfide) groups is 1. The Labute approximate surface area is 206 Å². The summed E-state index contributed by atoms with van der Waals surface area (Å²) in [5.74, 6) is 1.10. The lowest BCUT2D eigenvalue weighted by molar-refractivity contribution is -0.130. The quantitative estimate of drug-likeness (QED) is 0.377. The third kappa shape index (κ3) is 8.27. The molecule has 34 heavy (non-hydrogen) atoms.